The number of hydrogen-bond donors (Lipinski definition) is 0. The molecule has 0 radical (unpaired) electrons. The van der Waals surface area contributed by atoms with Crippen LogP contribution in [0.2, 0.25) is 0 Å². The maximum atomic E-state index is 9.22. The molecule has 2 rings (SSSR count). The molecule has 4 heteroatoms. The summed E-state index contributed by atoms with van der Waals surface area (Å²) in [6, 6.07) is 12.1. The number of halogens is 1. The molecule has 1 aromatic heterocycles. The zero-order valence-corrected chi connectivity index (χ0v) is 12.4. The van der Waals surface area contributed by atoms with Crippen LogP contribution in [0.4, 0.5) is 0 Å². The highest BCUT2D eigenvalue weighted by Gasteiger charge is 2.18. The van der Waals surface area contributed by atoms with E-state index in [9.17, 15) is 5.26 Å². The van der Waals surface area contributed by atoms with Crippen molar-refractivity contribution in [3.63, 3.8) is 0 Å². The zero-order chi connectivity index (χ0) is 13.8. The Labute approximate surface area is 121 Å². The van der Waals surface area contributed by atoms with E-state index in [0.717, 1.165) is 15.7 Å². The standard InChI is InChI=1S/C15H14BrN3/c1-10(2)13(9-17)15-18-7-6-14(19-15)11-4-3-5-12(16)8-11/h3-8,10,13H,1-2H3. The molecule has 19 heavy (non-hydrogen) atoms. The molecule has 1 aromatic carbocycles. The highest BCUT2D eigenvalue weighted by atomic mass is 79.9. The molecule has 0 saturated heterocycles. The maximum Gasteiger partial charge on any atom is 0.146 e. The van der Waals surface area contributed by atoms with Crippen molar-refractivity contribution in [2.24, 2.45) is 5.92 Å². The summed E-state index contributed by atoms with van der Waals surface area (Å²) in [5.41, 5.74) is 1.85. The fourth-order valence-electron chi connectivity index (χ4n) is 1.84. The third kappa shape index (κ3) is 3.18. The van der Waals surface area contributed by atoms with Crippen LogP contribution in [0.15, 0.2) is 41.0 Å². The van der Waals surface area contributed by atoms with Crippen molar-refractivity contribution in [3.05, 3.63) is 46.8 Å². The predicted octanol–water partition coefficient (Wildman–Crippen LogP) is 4.17. The lowest BCUT2D eigenvalue weighted by atomic mass is 9.96. The number of nitriles is 1. The Morgan fingerprint density at radius 1 is 1.26 bits per heavy atom. The van der Waals surface area contributed by atoms with Crippen LogP contribution in [-0.4, -0.2) is 9.97 Å². The summed E-state index contributed by atoms with van der Waals surface area (Å²) in [5.74, 6) is 0.518. The third-order valence-corrected chi connectivity index (χ3v) is 3.37. The lowest BCUT2D eigenvalue weighted by Gasteiger charge is -2.12. The molecular weight excluding hydrogens is 302 g/mol. The molecule has 1 atom stereocenters. The van der Waals surface area contributed by atoms with Crippen LogP contribution in [0.1, 0.15) is 25.6 Å². The van der Waals surface area contributed by atoms with Gasteiger partial charge in [0.15, 0.2) is 0 Å². The van der Waals surface area contributed by atoms with Gasteiger partial charge < -0.3 is 0 Å². The quantitative estimate of drug-likeness (QED) is 0.854. The van der Waals surface area contributed by atoms with Gasteiger partial charge in [0.05, 0.1) is 11.8 Å². The smallest absolute Gasteiger partial charge is 0.146 e. The van der Waals surface area contributed by atoms with Crippen LogP contribution < -0.4 is 0 Å². The van der Waals surface area contributed by atoms with Crippen LogP contribution >= 0.6 is 15.9 Å². The van der Waals surface area contributed by atoms with E-state index in [2.05, 4.69) is 32.0 Å². The molecular formula is C15H14BrN3. The lowest BCUT2D eigenvalue weighted by molar-refractivity contribution is 0.562. The second-order valence-corrected chi connectivity index (χ2v) is 5.58. The highest BCUT2D eigenvalue weighted by Crippen LogP contribution is 2.24. The van der Waals surface area contributed by atoms with Crippen molar-refractivity contribution in [2.45, 2.75) is 19.8 Å². The summed E-state index contributed by atoms with van der Waals surface area (Å²) in [7, 11) is 0. The summed E-state index contributed by atoms with van der Waals surface area (Å²) < 4.78 is 1.01. The van der Waals surface area contributed by atoms with Crippen LogP contribution in [0, 0.1) is 17.2 Å². The highest BCUT2D eigenvalue weighted by molar-refractivity contribution is 9.10. The monoisotopic (exact) mass is 315 g/mol. The third-order valence-electron chi connectivity index (χ3n) is 2.88. The van der Waals surface area contributed by atoms with E-state index in [1.165, 1.54) is 0 Å². The Morgan fingerprint density at radius 2 is 2.05 bits per heavy atom. The van der Waals surface area contributed by atoms with Gasteiger partial charge in [-0.1, -0.05) is 41.9 Å². The van der Waals surface area contributed by atoms with Crippen LogP contribution in [0.5, 0.6) is 0 Å². The first-order chi connectivity index (χ1) is 9.11. The summed E-state index contributed by atoms with van der Waals surface area (Å²) in [5, 5.41) is 9.22. The fraction of sp³-hybridized carbons (Fsp3) is 0.267. The first-order valence-corrected chi connectivity index (χ1v) is 6.89. The molecule has 0 aliphatic rings. The van der Waals surface area contributed by atoms with Gasteiger partial charge in [0, 0.05) is 16.2 Å². The number of nitrogens with zero attached hydrogens (tertiary/aromatic N) is 3. The van der Waals surface area contributed by atoms with E-state index in [1.54, 1.807) is 6.20 Å². The maximum absolute atomic E-state index is 9.22. The molecule has 96 valence electrons. The van der Waals surface area contributed by atoms with Crippen molar-refractivity contribution in [3.8, 4) is 17.3 Å². The normalized spacial score (nSPS) is 12.2. The molecule has 0 spiro atoms. The zero-order valence-electron chi connectivity index (χ0n) is 10.8. The molecule has 0 saturated carbocycles. The molecule has 1 unspecified atom stereocenters. The minimum absolute atomic E-state index is 0.197. The minimum atomic E-state index is -0.271. The van der Waals surface area contributed by atoms with Gasteiger partial charge in [0.1, 0.15) is 11.7 Å². The largest absolute Gasteiger partial charge is 0.240 e. The second kappa shape index (κ2) is 5.94. The van der Waals surface area contributed by atoms with Gasteiger partial charge in [-0.25, -0.2) is 9.97 Å². The van der Waals surface area contributed by atoms with E-state index >= 15 is 0 Å². The van der Waals surface area contributed by atoms with E-state index in [0.29, 0.717) is 5.82 Å². The summed E-state index contributed by atoms with van der Waals surface area (Å²) >= 11 is 3.45. The first kappa shape index (κ1) is 13.7. The van der Waals surface area contributed by atoms with E-state index in [1.807, 2.05) is 44.2 Å². The number of aromatic nitrogens is 2. The molecule has 1 heterocycles. The SMILES string of the molecule is CC(C)C(C#N)c1nccc(-c2cccc(Br)c2)n1. The molecule has 0 fully saturated rings. The molecule has 0 aliphatic carbocycles. The Morgan fingerprint density at radius 3 is 2.68 bits per heavy atom. The summed E-state index contributed by atoms with van der Waals surface area (Å²) in [6.07, 6.45) is 1.71. The average Bonchev–Trinajstić information content (AvgIpc) is 2.39. The fourth-order valence-corrected chi connectivity index (χ4v) is 2.24. The van der Waals surface area contributed by atoms with E-state index in [4.69, 9.17) is 0 Å². The van der Waals surface area contributed by atoms with Crippen LogP contribution in [-0.2, 0) is 0 Å². The minimum Gasteiger partial charge on any atom is -0.240 e. The molecule has 3 nitrogen and oxygen atoms in total. The number of hydrogen-bond acceptors (Lipinski definition) is 3. The second-order valence-electron chi connectivity index (χ2n) is 4.66. The average molecular weight is 316 g/mol. The van der Waals surface area contributed by atoms with Crippen LogP contribution in [0.25, 0.3) is 11.3 Å². The van der Waals surface area contributed by atoms with Gasteiger partial charge in [0.25, 0.3) is 0 Å². The molecule has 0 aliphatic heterocycles. The Kier molecular flexibility index (Phi) is 4.28. The summed E-state index contributed by atoms with van der Waals surface area (Å²) in [4.78, 5) is 8.76. The van der Waals surface area contributed by atoms with E-state index < -0.39 is 0 Å². The van der Waals surface area contributed by atoms with Crippen molar-refractivity contribution in [1.29, 1.82) is 5.26 Å². The van der Waals surface area contributed by atoms with Gasteiger partial charge in [-0.15, -0.1) is 0 Å². The van der Waals surface area contributed by atoms with Crippen LogP contribution in [0.3, 0.4) is 0 Å². The van der Waals surface area contributed by atoms with Crippen molar-refractivity contribution in [2.75, 3.05) is 0 Å². The predicted molar refractivity (Wildman–Crippen MR) is 78.4 cm³/mol. The first-order valence-electron chi connectivity index (χ1n) is 6.10. The molecule has 0 N–H and O–H groups in total. The van der Waals surface area contributed by atoms with Gasteiger partial charge in [-0.2, -0.15) is 5.26 Å². The number of benzene rings is 1. The van der Waals surface area contributed by atoms with E-state index in [-0.39, 0.29) is 11.8 Å². The Balaban J connectivity index is 2.43. The Hall–Kier alpha value is -1.73. The molecule has 0 amide bonds. The summed E-state index contributed by atoms with van der Waals surface area (Å²) in [6.45, 7) is 4.01. The van der Waals surface area contributed by atoms with Gasteiger partial charge in [-0.3, -0.25) is 0 Å². The topological polar surface area (TPSA) is 49.6 Å². The van der Waals surface area contributed by atoms with Gasteiger partial charge >= 0.3 is 0 Å². The molecule has 0 bridgehead atoms. The van der Waals surface area contributed by atoms with Gasteiger partial charge in [0.2, 0.25) is 0 Å². The van der Waals surface area contributed by atoms with Crippen molar-refractivity contribution in [1.82, 2.24) is 9.97 Å². The van der Waals surface area contributed by atoms with Crippen molar-refractivity contribution >= 4 is 15.9 Å². The molecule has 2 aromatic rings. The van der Waals surface area contributed by atoms with Crippen molar-refractivity contribution < 1.29 is 0 Å². The van der Waals surface area contributed by atoms with Gasteiger partial charge in [-0.05, 0) is 24.1 Å². The number of rotatable bonds is 3. The Bertz CT molecular complexity index is 617. The lowest BCUT2D eigenvalue weighted by Crippen LogP contribution is -2.09.